The smallest absolute Gasteiger partial charge is 0.331 e. The Morgan fingerprint density at radius 1 is 1.12 bits per heavy atom. The number of barbiturate groups is 1. The minimum Gasteiger partial charge on any atom is -0.457 e. The van der Waals surface area contributed by atoms with Gasteiger partial charge < -0.3 is 4.42 Å². The number of amides is 4. The van der Waals surface area contributed by atoms with E-state index in [0.29, 0.717) is 11.5 Å². The Morgan fingerprint density at radius 2 is 1.84 bits per heavy atom. The largest absolute Gasteiger partial charge is 0.457 e. The first-order chi connectivity index (χ1) is 12.0. The van der Waals surface area contributed by atoms with E-state index in [2.05, 4.69) is 27.8 Å². The Balaban J connectivity index is 1.90. The molecule has 0 bridgehead atoms. The van der Waals surface area contributed by atoms with Gasteiger partial charge in [0.05, 0.1) is 0 Å². The van der Waals surface area contributed by atoms with Crippen LogP contribution >= 0.6 is 15.9 Å². The number of carbonyl (C=O) groups is 3. The van der Waals surface area contributed by atoms with Gasteiger partial charge in [-0.25, -0.2) is 4.79 Å². The molecule has 25 heavy (non-hydrogen) atoms. The summed E-state index contributed by atoms with van der Waals surface area (Å²) in [6.07, 6.45) is 2.73. The van der Waals surface area contributed by atoms with E-state index in [-0.39, 0.29) is 12.1 Å². The SMILES string of the molecule is C=CCN1C(=O)NC(=O)/C(=C\c2ccc(-c3ccc(Br)cc3)o2)C1=O. The number of carbonyl (C=O) groups excluding carboxylic acids is 3. The fraction of sp³-hybridized carbons (Fsp3) is 0.0556. The number of hydrogen-bond acceptors (Lipinski definition) is 4. The molecule has 0 aliphatic carbocycles. The first kappa shape index (κ1) is 16.9. The minimum atomic E-state index is -0.762. The van der Waals surface area contributed by atoms with E-state index < -0.39 is 17.8 Å². The maximum Gasteiger partial charge on any atom is 0.331 e. The van der Waals surface area contributed by atoms with Gasteiger partial charge in [0.2, 0.25) is 0 Å². The van der Waals surface area contributed by atoms with Crippen molar-refractivity contribution in [2.45, 2.75) is 0 Å². The Kier molecular flexibility index (Phi) is 4.67. The second-order valence-electron chi connectivity index (χ2n) is 5.23. The zero-order valence-corrected chi connectivity index (χ0v) is 14.6. The number of nitrogens with zero attached hydrogens (tertiary/aromatic N) is 1. The van der Waals surface area contributed by atoms with Crippen molar-refractivity contribution in [1.82, 2.24) is 10.2 Å². The molecule has 0 saturated carbocycles. The molecule has 7 heteroatoms. The van der Waals surface area contributed by atoms with Gasteiger partial charge in [-0.15, -0.1) is 6.58 Å². The van der Waals surface area contributed by atoms with E-state index in [9.17, 15) is 14.4 Å². The summed E-state index contributed by atoms with van der Waals surface area (Å²) in [6.45, 7) is 3.51. The van der Waals surface area contributed by atoms with E-state index in [0.717, 1.165) is 14.9 Å². The molecule has 0 radical (unpaired) electrons. The number of nitrogens with one attached hydrogen (secondary N) is 1. The lowest BCUT2D eigenvalue weighted by Crippen LogP contribution is -2.54. The molecule has 1 aromatic carbocycles. The van der Waals surface area contributed by atoms with Gasteiger partial charge in [0, 0.05) is 16.6 Å². The van der Waals surface area contributed by atoms with Crippen LogP contribution in [0.4, 0.5) is 4.79 Å². The van der Waals surface area contributed by atoms with Gasteiger partial charge in [0.25, 0.3) is 11.8 Å². The summed E-state index contributed by atoms with van der Waals surface area (Å²) in [6, 6.07) is 10.2. The molecule has 6 nitrogen and oxygen atoms in total. The Labute approximate surface area is 151 Å². The van der Waals surface area contributed by atoms with E-state index in [1.807, 2.05) is 24.3 Å². The standard InChI is InChI=1S/C18H13BrN2O4/c1-2-9-21-17(23)14(16(22)20-18(21)24)10-13-7-8-15(25-13)11-3-5-12(19)6-4-11/h2-8,10H,1,9H2,(H,20,22,24)/b14-10+. The maximum atomic E-state index is 12.3. The van der Waals surface area contributed by atoms with E-state index in [4.69, 9.17) is 4.42 Å². The monoisotopic (exact) mass is 400 g/mol. The molecule has 3 rings (SSSR count). The summed E-state index contributed by atoms with van der Waals surface area (Å²) in [5.74, 6) is -0.501. The fourth-order valence-corrected chi connectivity index (χ4v) is 2.60. The molecule has 0 spiro atoms. The third kappa shape index (κ3) is 3.46. The maximum absolute atomic E-state index is 12.3. The number of imide groups is 2. The predicted molar refractivity (Wildman–Crippen MR) is 95.3 cm³/mol. The fourth-order valence-electron chi connectivity index (χ4n) is 2.33. The number of rotatable bonds is 4. The number of furan rings is 1. The van der Waals surface area contributed by atoms with Crippen molar-refractivity contribution in [2.75, 3.05) is 6.54 Å². The summed E-state index contributed by atoms with van der Waals surface area (Å²) < 4.78 is 6.63. The first-order valence-electron chi connectivity index (χ1n) is 7.35. The van der Waals surface area contributed by atoms with Crippen LogP contribution in [0.5, 0.6) is 0 Å². The van der Waals surface area contributed by atoms with Gasteiger partial charge in [0.1, 0.15) is 17.1 Å². The zero-order valence-electron chi connectivity index (χ0n) is 13.0. The van der Waals surface area contributed by atoms with Crippen LogP contribution in [-0.2, 0) is 9.59 Å². The predicted octanol–water partition coefficient (Wildman–Crippen LogP) is 3.36. The molecule has 2 heterocycles. The van der Waals surface area contributed by atoms with Crippen LogP contribution in [0.15, 0.2) is 63.5 Å². The quantitative estimate of drug-likeness (QED) is 0.484. The van der Waals surface area contributed by atoms with Gasteiger partial charge in [-0.3, -0.25) is 19.8 Å². The highest BCUT2D eigenvalue weighted by Gasteiger charge is 2.35. The normalized spacial score (nSPS) is 16.3. The molecule has 1 fully saturated rings. The average molecular weight is 401 g/mol. The van der Waals surface area contributed by atoms with Crippen LogP contribution in [0.25, 0.3) is 17.4 Å². The lowest BCUT2D eigenvalue weighted by atomic mass is 10.1. The van der Waals surface area contributed by atoms with Crippen molar-refractivity contribution in [1.29, 1.82) is 0 Å². The van der Waals surface area contributed by atoms with Gasteiger partial charge >= 0.3 is 6.03 Å². The molecule has 0 atom stereocenters. The molecule has 1 saturated heterocycles. The Bertz CT molecular complexity index is 896. The molecular formula is C18H13BrN2O4. The molecular weight excluding hydrogens is 388 g/mol. The van der Waals surface area contributed by atoms with Crippen LogP contribution in [0.3, 0.4) is 0 Å². The number of halogens is 1. The van der Waals surface area contributed by atoms with Gasteiger partial charge in [-0.1, -0.05) is 34.1 Å². The Morgan fingerprint density at radius 3 is 2.52 bits per heavy atom. The third-order valence-electron chi connectivity index (χ3n) is 3.54. The van der Waals surface area contributed by atoms with Crippen molar-refractivity contribution in [3.63, 3.8) is 0 Å². The highest BCUT2D eigenvalue weighted by atomic mass is 79.9. The molecule has 0 unspecified atom stereocenters. The lowest BCUT2D eigenvalue weighted by Gasteiger charge is -2.24. The summed E-state index contributed by atoms with van der Waals surface area (Å²) in [5.41, 5.74) is 0.689. The van der Waals surface area contributed by atoms with Gasteiger partial charge in [-0.2, -0.15) is 0 Å². The average Bonchev–Trinajstić information content (AvgIpc) is 3.05. The number of hydrogen-bond donors (Lipinski definition) is 1. The van der Waals surface area contributed by atoms with Crippen molar-refractivity contribution >= 4 is 39.9 Å². The van der Waals surface area contributed by atoms with E-state index in [1.54, 1.807) is 12.1 Å². The molecule has 4 amide bonds. The number of benzene rings is 1. The number of urea groups is 1. The van der Waals surface area contributed by atoms with E-state index >= 15 is 0 Å². The van der Waals surface area contributed by atoms with Crippen molar-refractivity contribution in [2.24, 2.45) is 0 Å². The van der Waals surface area contributed by atoms with Crippen molar-refractivity contribution in [3.8, 4) is 11.3 Å². The molecule has 2 aromatic rings. The topological polar surface area (TPSA) is 79.6 Å². The summed E-state index contributed by atoms with van der Waals surface area (Å²) in [4.78, 5) is 36.9. The first-order valence-corrected chi connectivity index (χ1v) is 8.14. The van der Waals surface area contributed by atoms with Crippen LogP contribution in [0, 0.1) is 0 Å². The van der Waals surface area contributed by atoms with Crippen LogP contribution < -0.4 is 5.32 Å². The molecule has 1 N–H and O–H groups in total. The van der Waals surface area contributed by atoms with Crippen molar-refractivity contribution in [3.05, 3.63) is 64.9 Å². The van der Waals surface area contributed by atoms with Gasteiger partial charge in [0.15, 0.2) is 0 Å². The molecule has 126 valence electrons. The second-order valence-corrected chi connectivity index (χ2v) is 6.15. The van der Waals surface area contributed by atoms with Crippen LogP contribution in [0.2, 0.25) is 0 Å². The van der Waals surface area contributed by atoms with Crippen LogP contribution in [-0.4, -0.2) is 29.3 Å². The summed E-state index contributed by atoms with van der Waals surface area (Å²) in [7, 11) is 0. The summed E-state index contributed by atoms with van der Waals surface area (Å²) >= 11 is 3.36. The van der Waals surface area contributed by atoms with E-state index in [1.165, 1.54) is 12.2 Å². The second kappa shape index (κ2) is 6.90. The zero-order chi connectivity index (χ0) is 18.0. The highest BCUT2D eigenvalue weighted by Crippen LogP contribution is 2.25. The van der Waals surface area contributed by atoms with Crippen LogP contribution in [0.1, 0.15) is 5.76 Å². The molecule has 1 aliphatic rings. The molecule has 1 aliphatic heterocycles. The summed E-state index contributed by atoms with van der Waals surface area (Å²) in [5, 5.41) is 2.12. The Hall–Kier alpha value is -2.93. The van der Waals surface area contributed by atoms with Crippen molar-refractivity contribution < 1.29 is 18.8 Å². The van der Waals surface area contributed by atoms with Gasteiger partial charge in [-0.05, 0) is 30.3 Å². The highest BCUT2D eigenvalue weighted by molar-refractivity contribution is 9.10. The third-order valence-corrected chi connectivity index (χ3v) is 4.07. The lowest BCUT2D eigenvalue weighted by molar-refractivity contribution is -0.129. The molecule has 1 aromatic heterocycles. The minimum absolute atomic E-state index is 0.0115.